The lowest BCUT2D eigenvalue weighted by Crippen LogP contribution is -2.12. The molecule has 5 nitrogen and oxygen atoms in total. The molecule has 0 heterocycles. The van der Waals surface area contributed by atoms with Gasteiger partial charge in [-0.25, -0.2) is 4.79 Å². The maximum Gasteiger partial charge on any atom is 0.330 e. The molecule has 2 N–H and O–H groups in total. The summed E-state index contributed by atoms with van der Waals surface area (Å²) in [6.07, 6.45) is 2.91. The van der Waals surface area contributed by atoms with Crippen LogP contribution in [0.5, 0.6) is 0 Å². The number of carbonyl (C=O) groups is 1. The molecule has 0 aliphatic heterocycles. The Kier molecular flexibility index (Phi) is 9.51. The zero-order valence-corrected chi connectivity index (χ0v) is 8.40. The summed E-state index contributed by atoms with van der Waals surface area (Å²) < 4.78 is 14.6. The van der Waals surface area contributed by atoms with Gasteiger partial charge in [0.1, 0.15) is 0 Å². The standard InChI is InChI=1S/C9H17NO4/c1-12-9(11)3-2-5-13-7-8-14-6-4-10/h2-3H,4-8,10H2,1H3/b3-2+. The van der Waals surface area contributed by atoms with E-state index in [2.05, 4.69) is 4.74 Å². The van der Waals surface area contributed by atoms with Crippen molar-refractivity contribution < 1.29 is 19.0 Å². The average Bonchev–Trinajstić information content (AvgIpc) is 2.21. The Hall–Kier alpha value is -0.910. The highest BCUT2D eigenvalue weighted by Crippen LogP contribution is 1.82. The molecule has 82 valence electrons. The van der Waals surface area contributed by atoms with Gasteiger partial charge in [0.15, 0.2) is 0 Å². The molecule has 0 radical (unpaired) electrons. The van der Waals surface area contributed by atoms with E-state index in [1.54, 1.807) is 6.08 Å². The fraction of sp³-hybridized carbons (Fsp3) is 0.667. The van der Waals surface area contributed by atoms with Crippen LogP contribution in [-0.4, -0.2) is 46.1 Å². The van der Waals surface area contributed by atoms with Crippen molar-refractivity contribution in [2.45, 2.75) is 0 Å². The Morgan fingerprint density at radius 3 is 2.64 bits per heavy atom. The van der Waals surface area contributed by atoms with Crippen LogP contribution in [0, 0.1) is 0 Å². The quantitative estimate of drug-likeness (QED) is 0.333. The van der Waals surface area contributed by atoms with E-state index < -0.39 is 0 Å². The molecule has 0 atom stereocenters. The molecule has 0 aliphatic carbocycles. The molecule has 0 bridgehead atoms. The number of ether oxygens (including phenoxy) is 3. The molecular weight excluding hydrogens is 186 g/mol. The van der Waals surface area contributed by atoms with Crippen molar-refractivity contribution in [3.8, 4) is 0 Å². The van der Waals surface area contributed by atoms with Crippen LogP contribution in [0.4, 0.5) is 0 Å². The van der Waals surface area contributed by atoms with Gasteiger partial charge >= 0.3 is 5.97 Å². The third-order valence-corrected chi connectivity index (χ3v) is 1.30. The van der Waals surface area contributed by atoms with Crippen LogP contribution in [0.15, 0.2) is 12.2 Å². The van der Waals surface area contributed by atoms with Crippen LogP contribution in [0.25, 0.3) is 0 Å². The van der Waals surface area contributed by atoms with Gasteiger partial charge in [-0.15, -0.1) is 0 Å². The molecule has 0 rings (SSSR count). The normalized spacial score (nSPS) is 10.7. The lowest BCUT2D eigenvalue weighted by atomic mass is 10.5. The van der Waals surface area contributed by atoms with Gasteiger partial charge in [-0.05, 0) is 0 Å². The van der Waals surface area contributed by atoms with Crippen molar-refractivity contribution in [2.75, 3.05) is 40.1 Å². The van der Waals surface area contributed by atoms with E-state index >= 15 is 0 Å². The first-order valence-corrected chi connectivity index (χ1v) is 4.41. The summed E-state index contributed by atoms with van der Waals surface area (Å²) in [5.74, 6) is -0.381. The SMILES string of the molecule is COC(=O)/C=C/COCCOCCN. The molecule has 0 aliphatic rings. The van der Waals surface area contributed by atoms with Crippen molar-refractivity contribution in [3.63, 3.8) is 0 Å². The lowest BCUT2D eigenvalue weighted by Gasteiger charge is -2.01. The van der Waals surface area contributed by atoms with Crippen LogP contribution >= 0.6 is 0 Å². The van der Waals surface area contributed by atoms with Crippen LogP contribution in [-0.2, 0) is 19.0 Å². The van der Waals surface area contributed by atoms with Gasteiger partial charge in [-0.1, -0.05) is 6.08 Å². The second-order valence-corrected chi connectivity index (χ2v) is 2.40. The predicted octanol–water partition coefficient (Wildman–Crippen LogP) is -0.292. The molecule has 0 fully saturated rings. The summed E-state index contributed by atoms with van der Waals surface area (Å²) in [6.45, 7) is 2.44. The maximum absolute atomic E-state index is 10.6. The highest BCUT2D eigenvalue weighted by molar-refractivity contribution is 5.81. The highest BCUT2D eigenvalue weighted by atomic mass is 16.5. The molecule has 0 aromatic heterocycles. The molecular formula is C9H17NO4. The van der Waals surface area contributed by atoms with Crippen molar-refractivity contribution in [2.24, 2.45) is 5.73 Å². The minimum atomic E-state index is -0.381. The number of carbonyl (C=O) groups excluding carboxylic acids is 1. The fourth-order valence-corrected chi connectivity index (χ4v) is 0.667. The van der Waals surface area contributed by atoms with E-state index in [-0.39, 0.29) is 5.97 Å². The van der Waals surface area contributed by atoms with E-state index in [4.69, 9.17) is 15.2 Å². The summed E-state index contributed by atoms with van der Waals surface area (Å²) >= 11 is 0. The third-order valence-electron chi connectivity index (χ3n) is 1.30. The number of hydrogen-bond donors (Lipinski definition) is 1. The molecule has 14 heavy (non-hydrogen) atoms. The number of hydrogen-bond acceptors (Lipinski definition) is 5. The average molecular weight is 203 g/mol. The van der Waals surface area contributed by atoms with E-state index in [1.165, 1.54) is 13.2 Å². The summed E-state index contributed by atoms with van der Waals surface area (Å²) in [6, 6.07) is 0. The van der Waals surface area contributed by atoms with E-state index in [0.717, 1.165) is 0 Å². The first-order chi connectivity index (χ1) is 6.81. The number of nitrogens with two attached hydrogens (primary N) is 1. The van der Waals surface area contributed by atoms with Crippen molar-refractivity contribution >= 4 is 5.97 Å². The van der Waals surface area contributed by atoms with Gasteiger partial charge in [0.25, 0.3) is 0 Å². The number of rotatable bonds is 8. The van der Waals surface area contributed by atoms with Crippen molar-refractivity contribution in [3.05, 3.63) is 12.2 Å². The smallest absolute Gasteiger partial charge is 0.330 e. The Morgan fingerprint density at radius 2 is 2.00 bits per heavy atom. The van der Waals surface area contributed by atoms with Crippen LogP contribution in [0.1, 0.15) is 0 Å². The predicted molar refractivity (Wildman–Crippen MR) is 51.8 cm³/mol. The molecule has 0 amide bonds. The summed E-state index contributed by atoms with van der Waals surface area (Å²) in [7, 11) is 1.33. The van der Waals surface area contributed by atoms with Gasteiger partial charge in [-0.3, -0.25) is 0 Å². The second kappa shape index (κ2) is 10.2. The van der Waals surface area contributed by atoms with E-state index in [9.17, 15) is 4.79 Å². The maximum atomic E-state index is 10.6. The summed E-state index contributed by atoms with van der Waals surface area (Å²) in [5, 5.41) is 0. The molecule has 0 spiro atoms. The lowest BCUT2D eigenvalue weighted by molar-refractivity contribution is -0.134. The topological polar surface area (TPSA) is 70.8 Å². The Bertz CT molecular complexity index is 170. The number of methoxy groups -OCH3 is 1. The van der Waals surface area contributed by atoms with E-state index in [0.29, 0.717) is 33.0 Å². The van der Waals surface area contributed by atoms with Gasteiger partial charge in [0.2, 0.25) is 0 Å². The minimum absolute atomic E-state index is 0.376. The van der Waals surface area contributed by atoms with Gasteiger partial charge < -0.3 is 19.9 Å². The van der Waals surface area contributed by atoms with Crippen LogP contribution in [0.2, 0.25) is 0 Å². The first kappa shape index (κ1) is 13.1. The molecule has 0 aromatic rings. The zero-order chi connectivity index (χ0) is 10.6. The highest BCUT2D eigenvalue weighted by Gasteiger charge is 1.90. The summed E-state index contributed by atoms with van der Waals surface area (Å²) in [5.41, 5.74) is 5.21. The molecule has 0 saturated heterocycles. The Balaban J connectivity index is 3.13. The number of esters is 1. The monoisotopic (exact) mass is 203 g/mol. The fourth-order valence-electron chi connectivity index (χ4n) is 0.667. The zero-order valence-electron chi connectivity index (χ0n) is 8.40. The van der Waals surface area contributed by atoms with Crippen molar-refractivity contribution in [1.29, 1.82) is 0 Å². The second-order valence-electron chi connectivity index (χ2n) is 2.40. The Labute approximate surface area is 83.8 Å². The van der Waals surface area contributed by atoms with Crippen LogP contribution < -0.4 is 5.73 Å². The van der Waals surface area contributed by atoms with Crippen LogP contribution in [0.3, 0.4) is 0 Å². The van der Waals surface area contributed by atoms with Gasteiger partial charge in [0, 0.05) is 12.6 Å². The summed E-state index contributed by atoms with van der Waals surface area (Å²) in [4.78, 5) is 10.6. The Morgan fingerprint density at radius 1 is 1.29 bits per heavy atom. The van der Waals surface area contributed by atoms with Gasteiger partial charge in [-0.2, -0.15) is 0 Å². The minimum Gasteiger partial charge on any atom is -0.466 e. The molecule has 5 heteroatoms. The van der Waals surface area contributed by atoms with Gasteiger partial charge in [0.05, 0.1) is 33.5 Å². The van der Waals surface area contributed by atoms with Crippen molar-refractivity contribution in [1.82, 2.24) is 0 Å². The largest absolute Gasteiger partial charge is 0.466 e. The molecule has 0 aromatic carbocycles. The molecule has 0 saturated carbocycles. The first-order valence-electron chi connectivity index (χ1n) is 4.41. The third kappa shape index (κ3) is 9.18. The van der Waals surface area contributed by atoms with E-state index in [1.807, 2.05) is 0 Å². The molecule has 0 unspecified atom stereocenters.